The van der Waals surface area contributed by atoms with E-state index in [0.29, 0.717) is 5.41 Å². The molecule has 0 unspecified atom stereocenters. The number of benzene rings is 1. The molecule has 20 heavy (non-hydrogen) atoms. The van der Waals surface area contributed by atoms with Crippen molar-refractivity contribution in [1.82, 2.24) is 10.6 Å². The van der Waals surface area contributed by atoms with E-state index in [-0.39, 0.29) is 24.0 Å². The number of hydrogen-bond donors (Lipinski definition) is 2. The molecule has 0 atom stereocenters. The van der Waals surface area contributed by atoms with Crippen LogP contribution in [0.25, 0.3) is 0 Å². The lowest BCUT2D eigenvalue weighted by molar-refractivity contribution is 0.243. The first-order valence-electron chi connectivity index (χ1n) is 7.07. The molecule has 110 valence electrons. The summed E-state index contributed by atoms with van der Waals surface area (Å²) in [5, 5.41) is 6.84. The quantitative estimate of drug-likeness (QED) is 0.693. The molecule has 5 heteroatoms. The molecular formula is C15H21BrIN3. The Bertz CT molecular complexity index is 486. The Morgan fingerprint density at radius 1 is 1.30 bits per heavy atom. The van der Waals surface area contributed by atoms with Gasteiger partial charge in [0.2, 0.25) is 0 Å². The summed E-state index contributed by atoms with van der Waals surface area (Å²) >= 11 is 3.58. The van der Waals surface area contributed by atoms with E-state index >= 15 is 0 Å². The van der Waals surface area contributed by atoms with Gasteiger partial charge >= 0.3 is 0 Å². The lowest BCUT2D eigenvalue weighted by Crippen LogP contribution is -2.50. The molecule has 0 amide bonds. The van der Waals surface area contributed by atoms with Gasteiger partial charge in [0, 0.05) is 29.5 Å². The van der Waals surface area contributed by atoms with E-state index in [2.05, 4.69) is 55.8 Å². The normalized spacial score (nSPS) is 19.9. The Balaban J connectivity index is 0.00000147. The van der Waals surface area contributed by atoms with Crippen LogP contribution in [0.5, 0.6) is 0 Å². The third-order valence-corrected chi connectivity index (χ3v) is 4.73. The van der Waals surface area contributed by atoms with E-state index in [1.54, 1.807) is 0 Å². The Labute approximate surface area is 146 Å². The predicted octanol–water partition coefficient (Wildman–Crippen LogP) is 3.43. The average molecular weight is 450 g/mol. The van der Waals surface area contributed by atoms with Gasteiger partial charge in [0.05, 0.1) is 0 Å². The van der Waals surface area contributed by atoms with Crippen molar-refractivity contribution >= 4 is 45.9 Å². The van der Waals surface area contributed by atoms with E-state index in [1.807, 2.05) is 0 Å². The highest BCUT2D eigenvalue weighted by Crippen LogP contribution is 2.43. The molecule has 1 aromatic carbocycles. The fraction of sp³-hybridized carbons (Fsp3) is 0.533. The molecule has 1 aliphatic heterocycles. The van der Waals surface area contributed by atoms with Crippen LogP contribution in [-0.2, 0) is 5.41 Å². The van der Waals surface area contributed by atoms with Crippen molar-refractivity contribution in [3.05, 3.63) is 34.3 Å². The number of halogens is 2. The van der Waals surface area contributed by atoms with Crippen LogP contribution in [0.1, 0.15) is 31.2 Å². The first kappa shape index (κ1) is 16.1. The van der Waals surface area contributed by atoms with E-state index in [0.717, 1.165) is 32.0 Å². The summed E-state index contributed by atoms with van der Waals surface area (Å²) < 4.78 is 1.17. The number of aliphatic imine (C=N–C) groups is 1. The lowest BCUT2D eigenvalue weighted by Gasteiger charge is -2.43. The van der Waals surface area contributed by atoms with Crippen molar-refractivity contribution in [3.8, 4) is 0 Å². The minimum absolute atomic E-state index is 0. The van der Waals surface area contributed by atoms with Gasteiger partial charge in [0.25, 0.3) is 0 Å². The second-order valence-corrected chi connectivity index (χ2v) is 6.42. The smallest absolute Gasteiger partial charge is 0.191 e. The maximum atomic E-state index is 4.49. The maximum absolute atomic E-state index is 4.49. The van der Waals surface area contributed by atoms with E-state index < -0.39 is 0 Å². The zero-order valence-electron chi connectivity index (χ0n) is 11.5. The SMILES string of the molecule is Brc1cccc(C2(CNC3=NCCCN3)CCC2)c1.I. The predicted molar refractivity (Wildman–Crippen MR) is 98.0 cm³/mol. The molecule has 1 heterocycles. The molecule has 0 bridgehead atoms. The number of guanidine groups is 1. The van der Waals surface area contributed by atoms with Crippen molar-refractivity contribution < 1.29 is 0 Å². The van der Waals surface area contributed by atoms with Gasteiger partial charge in [-0.05, 0) is 37.0 Å². The fourth-order valence-electron chi connectivity index (χ4n) is 2.89. The molecule has 3 nitrogen and oxygen atoms in total. The minimum atomic E-state index is 0. The van der Waals surface area contributed by atoms with Crippen LogP contribution < -0.4 is 10.6 Å². The van der Waals surface area contributed by atoms with Crippen LogP contribution in [-0.4, -0.2) is 25.6 Å². The molecular weight excluding hydrogens is 429 g/mol. The molecule has 0 radical (unpaired) electrons. The summed E-state index contributed by atoms with van der Waals surface area (Å²) in [5.41, 5.74) is 1.74. The Hall–Kier alpha value is -0.300. The molecule has 0 spiro atoms. The molecule has 0 saturated heterocycles. The summed E-state index contributed by atoms with van der Waals surface area (Å²) in [6, 6.07) is 8.74. The first-order valence-corrected chi connectivity index (χ1v) is 7.86. The zero-order valence-corrected chi connectivity index (χ0v) is 15.4. The molecule has 2 aliphatic rings. The van der Waals surface area contributed by atoms with Gasteiger partial charge in [0.15, 0.2) is 5.96 Å². The third kappa shape index (κ3) is 3.47. The fourth-order valence-corrected chi connectivity index (χ4v) is 3.29. The Kier molecular flexibility index (Phi) is 5.72. The lowest BCUT2D eigenvalue weighted by atomic mass is 9.64. The maximum Gasteiger partial charge on any atom is 0.191 e. The van der Waals surface area contributed by atoms with Gasteiger partial charge in [-0.3, -0.25) is 4.99 Å². The van der Waals surface area contributed by atoms with E-state index in [4.69, 9.17) is 0 Å². The van der Waals surface area contributed by atoms with E-state index in [9.17, 15) is 0 Å². The van der Waals surface area contributed by atoms with Crippen molar-refractivity contribution in [2.75, 3.05) is 19.6 Å². The minimum Gasteiger partial charge on any atom is -0.356 e. The Morgan fingerprint density at radius 3 is 2.75 bits per heavy atom. The van der Waals surface area contributed by atoms with Crippen LogP contribution in [0.3, 0.4) is 0 Å². The highest BCUT2D eigenvalue weighted by atomic mass is 127. The average Bonchev–Trinajstić information content (AvgIpc) is 2.39. The number of nitrogens with zero attached hydrogens (tertiary/aromatic N) is 1. The number of hydrogen-bond acceptors (Lipinski definition) is 3. The van der Waals surface area contributed by atoms with Crippen LogP contribution in [0.15, 0.2) is 33.7 Å². The van der Waals surface area contributed by atoms with Crippen molar-refractivity contribution in [2.45, 2.75) is 31.1 Å². The molecule has 1 aromatic rings. The summed E-state index contributed by atoms with van der Waals surface area (Å²) in [4.78, 5) is 4.49. The third-order valence-electron chi connectivity index (χ3n) is 4.24. The van der Waals surface area contributed by atoms with Gasteiger partial charge in [-0.2, -0.15) is 0 Å². The van der Waals surface area contributed by atoms with Crippen LogP contribution in [0.4, 0.5) is 0 Å². The van der Waals surface area contributed by atoms with Gasteiger partial charge in [-0.1, -0.05) is 34.5 Å². The first-order chi connectivity index (χ1) is 9.28. The topological polar surface area (TPSA) is 36.4 Å². The summed E-state index contributed by atoms with van der Waals surface area (Å²) in [7, 11) is 0. The standard InChI is InChI=1S/C15H20BrN3.HI/c16-13-5-1-4-12(10-13)15(6-2-7-15)11-19-14-17-8-3-9-18-14;/h1,4-5,10H,2-3,6-9,11H2,(H2,17,18,19);1H. The zero-order chi connectivity index (χ0) is 13.1. The summed E-state index contributed by atoms with van der Waals surface area (Å²) in [6.07, 6.45) is 5.00. The van der Waals surface area contributed by atoms with Gasteiger partial charge in [-0.15, -0.1) is 24.0 Å². The Morgan fingerprint density at radius 2 is 2.15 bits per heavy atom. The number of nitrogens with one attached hydrogen (secondary N) is 2. The highest BCUT2D eigenvalue weighted by Gasteiger charge is 2.38. The second-order valence-electron chi connectivity index (χ2n) is 5.51. The van der Waals surface area contributed by atoms with Crippen LogP contribution in [0, 0.1) is 0 Å². The largest absolute Gasteiger partial charge is 0.356 e. The van der Waals surface area contributed by atoms with Gasteiger partial charge in [0.1, 0.15) is 0 Å². The molecule has 1 fully saturated rings. The number of rotatable bonds is 3. The molecule has 3 rings (SSSR count). The molecule has 1 saturated carbocycles. The second kappa shape index (κ2) is 7.11. The molecule has 1 aliphatic carbocycles. The van der Waals surface area contributed by atoms with Gasteiger partial charge in [-0.25, -0.2) is 0 Å². The highest BCUT2D eigenvalue weighted by molar-refractivity contribution is 14.0. The summed E-state index contributed by atoms with van der Waals surface area (Å²) in [6.45, 7) is 2.96. The van der Waals surface area contributed by atoms with Gasteiger partial charge < -0.3 is 10.6 Å². The summed E-state index contributed by atoms with van der Waals surface area (Å²) in [5.74, 6) is 0.979. The monoisotopic (exact) mass is 449 g/mol. The van der Waals surface area contributed by atoms with Crippen molar-refractivity contribution in [1.29, 1.82) is 0 Å². The van der Waals surface area contributed by atoms with Crippen LogP contribution >= 0.6 is 39.9 Å². The molecule has 0 aromatic heterocycles. The van der Waals surface area contributed by atoms with Crippen molar-refractivity contribution in [2.24, 2.45) is 4.99 Å². The van der Waals surface area contributed by atoms with Crippen molar-refractivity contribution in [3.63, 3.8) is 0 Å². The van der Waals surface area contributed by atoms with Crippen LogP contribution in [0.2, 0.25) is 0 Å². The van der Waals surface area contributed by atoms with E-state index in [1.165, 1.54) is 29.3 Å². The molecule has 2 N–H and O–H groups in total.